The van der Waals surface area contributed by atoms with E-state index in [-0.39, 0.29) is 24.0 Å². The number of hydrogen-bond donors (Lipinski definition) is 3. The molecule has 6 heteroatoms. The van der Waals surface area contributed by atoms with Gasteiger partial charge in [0.2, 0.25) is 0 Å². The lowest BCUT2D eigenvalue weighted by atomic mass is 9.90. The van der Waals surface area contributed by atoms with Crippen LogP contribution in [0.2, 0.25) is 0 Å². The number of nitrogens with zero attached hydrogens (tertiary/aromatic N) is 1. The quantitative estimate of drug-likeness (QED) is 0.193. The van der Waals surface area contributed by atoms with E-state index in [1.54, 1.807) is 24.3 Å². The number of benzene rings is 4. The fourth-order valence-corrected chi connectivity index (χ4v) is 4.75. The van der Waals surface area contributed by atoms with Crippen molar-refractivity contribution in [2.75, 3.05) is 26.8 Å². The summed E-state index contributed by atoms with van der Waals surface area (Å²) in [6.45, 7) is 5.07. The molecule has 4 aromatic carbocycles. The Morgan fingerprint density at radius 1 is 0.775 bits per heavy atom. The SMILES string of the molecule is CC(COc1cccc(CC(=O)O)c1)CN(Cc1ccc(O)cc1)CC(c1ccccc1)c1ccccc1.CO. The van der Waals surface area contributed by atoms with Crippen molar-refractivity contribution in [2.45, 2.75) is 25.8 Å². The van der Waals surface area contributed by atoms with Gasteiger partial charge in [-0.05, 0) is 46.5 Å². The number of aliphatic carboxylic acids is 1. The minimum atomic E-state index is -0.855. The molecule has 4 aromatic rings. The number of carboxylic acids is 1. The van der Waals surface area contributed by atoms with E-state index in [4.69, 9.17) is 14.9 Å². The highest BCUT2D eigenvalue weighted by molar-refractivity contribution is 5.70. The van der Waals surface area contributed by atoms with Crippen molar-refractivity contribution < 1.29 is 24.9 Å². The Morgan fingerprint density at radius 3 is 1.95 bits per heavy atom. The number of hydrogen-bond acceptors (Lipinski definition) is 5. The number of phenolic OH excluding ortho intramolecular Hbond substituents is 1. The van der Waals surface area contributed by atoms with Gasteiger partial charge >= 0.3 is 5.97 Å². The largest absolute Gasteiger partial charge is 0.508 e. The highest BCUT2D eigenvalue weighted by Gasteiger charge is 2.20. The summed E-state index contributed by atoms with van der Waals surface area (Å²) >= 11 is 0. The van der Waals surface area contributed by atoms with Crippen LogP contribution in [0.25, 0.3) is 0 Å². The van der Waals surface area contributed by atoms with Gasteiger partial charge in [-0.15, -0.1) is 0 Å². The monoisotopic (exact) mass is 541 g/mol. The third-order valence-electron chi connectivity index (χ3n) is 6.55. The van der Waals surface area contributed by atoms with Gasteiger partial charge in [-0.1, -0.05) is 91.9 Å². The number of aromatic hydroxyl groups is 1. The summed E-state index contributed by atoms with van der Waals surface area (Å²) in [6, 6.07) is 35.9. The Bertz CT molecular complexity index is 1240. The normalized spacial score (nSPS) is 11.5. The van der Waals surface area contributed by atoms with Crippen molar-refractivity contribution in [3.63, 3.8) is 0 Å². The molecule has 0 saturated carbocycles. The molecule has 0 spiro atoms. The summed E-state index contributed by atoms with van der Waals surface area (Å²) in [5.74, 6) is 0.523. The number of carboxylic acid groups (broad SMARTS) is 1. The molecule has 0 amide bonds. The molecule has 0 aliphatic rings. The van der Waals surface area contributed by atoms with E-state index in [0.29, 0.717) is 12.4 Å². The number of phenols is 1. The van der Waals surface area contributed by atoms with Crippen LogP contribution in [-0.2, 0) is 17.8 Å². The van der Waals surface area contributed by atoms with E-state index in [2.05, 4.69) is 60.4 Å². The lowest BCUT2D eigenvalue weighted by molar-refractivity contribution is -0.136. The van der Waals surface area contributed by atoms with E-state index in [0.717, 1.165) is 37.9 Å². The minimum absolute atomic E-state index is 0.0203. The van der Waals surface area contributed by atoms with Crippen molar-refractivity contribution in [3.8, 4) is 11.5 Å². The molecule has 0 bridgehead atoms. The van der Waals surface area contributed by atoms with Crippen molar-refractivity contribution in [1.29, 1.82) is 0 Å². The molecule has 1 unspecified atom stereocenters. The second-order valence-electron chi connectivity index (χ2n) is 9.87. The summed E-state index contributed by atoms with van der Waals surface area (Å²) < 4.78 is 6.08. The van der Waals surface area contributed by atoms with Crippen LogP contribution in [0.15, 0.2) is 109 Å². The van der Waals surface area contributed by atoms with E-state index in [9.17, 15) is 9.90 Å². The molecule has 4 rings (SSSR count). The highest BCUT2D eigenvalue weighted by atomic mass is 16.5. The Kier molecular flexibility index (Phi) is 12.2. The molecule has 0 saturated heterocycles. The van der Waals surface area contributed by atoms with Gasteiger partial charge in [0.05, 0.1) is 13.0 Å². The fraction of sp³-hybridized carbons (Fsp3) is 0.265. The summed E-state index contributed by atoms with van der Waals surface area (Å²) in [4.78, 5) is 13.5. The first-order chi connectivity index (χ1) is 19.5. The molecule has 1 atom stereocenters. The topological polar surface area (TPSA) is 90.2 Å². The molecule has 0 heterocycles. The average molecular weight is 542 g/mol. The summed E-state index contributed by atoms with van der Waals surface area (Å²) in [5.41, 5.74) is 4.41. The predicted molar refractivity (Wildman–Crippen MR) is 159 cm³/mol. The lowest BCUT2D eigenvalue weighted by Crippen LogP contribution is -2.34. The second-order valence-corrected chi connectivity index (χ2v) is 9.87. The Balaban J connectivity index is 0.00000216. The molecule has 0 aromatic heterocycles. The summed E-state index contributed by atoms with van der Waals surface area (Å²) in [5, 5.41) is 25.8. The first-order valence-electron chi connectivity index (χ1n) is 13.4. The zero-order valence-corrected chi connectivity index (χ0v) is 23.2. The zero-order chi connectivity index (χ0) is 28.7. The third-order valence-corrected chi connectivity index (χ3v) is 6.55. The van der Waals surface area contributed by atoms with E-state index in [1.165, 1.54) is 11.1 Å². The number of rotatable bonds is 13. The molecule has 0 aliphatic carbocycles. The molecule has 210 valence electrons. The van der Waals surface area contributed by atoms with Crippen molar-refractivity contribution >= 4 is 5.97 Å². The highest BCUT2D eigenvalue weighted by Crippen LogP contribution is 2.27. The van der Waals surface area contributed by atoms with Crippen molar-refractivity contribution in [2.24, 2.45) is 5.92 Å². The van der Waals surface area contributed by atoms with Gasteiger partial charge in [-0.25, -0.2) is 0 Å². The van der Waals surface area contributed by atoms with Gasteiger partial charge in [-0.3, -0.25) is 9.69 Å². The molecule has 0 fully saturated rings. The zero-order valence-electron chi connectivity index (χ0n) is 23.2. The first-order valence-corrected chi connectivity index (χ1v) is 13.4. The number of carbonyl (C=O) groups is 1. The fourth-order valence-electron chi connectivity index (χ4n) is 4.75. The second kappa shape index (κ2) is 16.1. The maximum atomic E-state index is 11.1. The van der Waals surface area contributed by atoms with E-state index in [1.807, 2.05) is 36.4 Å². The molecule has 0 aliphatic heterocycles. The predicted octanol–water partition coefficient (Wildman–Crippen LogP) is 5.98. The van der Waals surface area contributed by atoms with Crippen molar-refractivity contribution in [1.82, 2.24) is 4.90 Å². The van der Waals surface area contributed by atoms with Gasteiger partial charge in [0, 0.05) is 38.6 Å². The minimum Gasteiger partial charge on any atom is -0.508 e. The van der Waals surface area contributed by atoms with Gasteiger partial charge in [-0.2, -0.15) is 0 Å². The van der Waals surface area contributed by atoms with Crippen LogP contribution in [0.5, 0.6) is 11.5 Å². The van der Waals surface area contributed by atoms with Crippen molar-refractivity contribution in [3.05, 3.63) is 131 Å². The Hall–Kier alpha value is -4.13. The summed E-state index contributed by atoms with van der Waals surface area (Å²) in [6.07, 6.45) is -0.0203. The van der Waals surface area contributed by atoms with Crippen LogP contribution in [0.4, 0.5) is 0 Å². The average Bonchev–Trinajstić information content (AvgIpc) is 2.98. The van der Waals surface area contributed by atoms with E-state index >= 15 is 0 Å². The maximum Gasteiger partial charge on any atom is 0.307 e. The number of ether oxygens (including phenoxy) is 1. The van der Waals surface area contributed by atoms with Gasteiger partial charge in [0.1, 0.15) is 11.5 Å². The van der Waals surface area contributed by atoms with Crippen LogP contribution in [0.1, 0.15) is 35.1 Å². The third kappa shape index (κ3) is 9.88. The molecule has 3 N–H and O–H groups in total. The first kappa shape index (κ1) is 30.4. The number of aliphatic hydroxyl groups is 1. The van der Waals surface area contributed by atoms with Crippen LogP contribution < -0.4 is 4.74 Å². The van der Waals surface area contributed by atoms with Crippen LogP contribution in [0, 0.1) is 5.92 Å². The molecule has 6 nitrogen and oxygen atoms in total. The molecular weight excluding hydrogens is 502 g/mol. The number of aliphatic hydroxyl groups excluding tert-OH is 1. The summed E-state index contributed by atoms with van der Waals surface area (Å²) in [7, 11) is 1.00. The van der Waals surface area contributed by atoms with Gasteiger partial charge < -0.3 is 20.1 Å². The van der Waals surface area contributed by atoms with E-state index < -0.39 is 5.97 Å². The maximum absolute atomic E-state index is 11.1. The van der Waals surface area contributed by atoms with Crippen LogP contribution >= 0.6 is 0 Å². The van der Waals surface area contributed by atoms with Crippen LogP contribution in [-0.4, -0.2) is 53.0 Å². The Labute approximate surface area is 237 Å². The molecule has 0 radical (unpaired) electrons. The lowest BCUT2D eigenvalue weighted by Gasteiger charge is -2.30. The van der Waals surface area contributed by atoms with Gasteiger partial charge in [0.25, 0.3) is 0 Å². The van der Waals surface area contributed by atoms with Crippen LogP contribution in [0.3, 0.4) is 0 Å². The smallest absolute Gasteiger partial charge is 0.307 e. The van der Waals surface area contributed by atoms with Gasteiger partial charge in [0.15, 0.2) is 0 Å². The molecular formula is C34H39NO5. The standard InChI is InChI=1S/C33H35NO4.CH4O/c1-25(24-38-31-14-8-9-27(19-31)20-33(36)37)21-34(22-26-15-17-30(35)18-16-26)23-32(28-10-4-2-5-11-28)29-12-6-3-7-13-29;1-2/h2-19,25,32,35H,20-24H2,1H3,(H,36,37);2H,1H3. The molecule has 40 heavy (non-hydrogen) atoms. The Morgan fingerprint density at radius 2 is 1.38 bits per heavy atom.